The Kier molecular flexibility index (Phi) is 4.75. The fourth-order valence-electron chi connectivity index (χ4n) is 2.31. The molecule has 1 unspecified atom stereocenters. The highest BCUT2D eigenvalue weighted by Gasteiger charge is 2.14. The van der Waals surface area contributed by atoms with Crippen LogP contribution in [0.4, 0.5) is 5.69 Å². The quantitative estimate of drug-likeness (QED) is 0.829. The van der Waals surface area contributed by atoms with E-state index in [1.54, 1.807) is 11.8 Å². The van der Waals surface area contributed by atoms with E-state index in [2.05, 4.69) is 47.8 Å². The largest absolute Gasteiger partial charge is 0.382 e. The third-order valence-corrected chi connectivity index (χ3v) is 4.16. The van der Waals surface area contributed by atoms with Gasteiger partial charge in [0.2, 0.25) is 0 Å². The maximum atomic E-state index is 3.66. The summed E-state index contributed by atoms with van der Waals surface area (Å²) in [5.74, 6) is 0. The van der Waals surface area contributed by atoms with Crippen LogP contribution in [0.1, 0.15) is 19.3 Å². The van der Waals surface area contributed by atoms with Crippen molar-refractivity contribution in [2.75, 3.05) is 31.7 Å². The van der Waals surface area contributed by atoms with Crippen LogP contribution in [-0.4, -0.2) is 37.3 Å². The van der Waals surface area contributed by atoms with E-state index < -0.39 is 0 Å². The SMILES string of the molecule is CSc1ccc(NC2CCCN(C)CC2)cc1. The fourth-order valence-corrected chi connectivity index (χ4v) is 2.72. The zero-order valence-electron chi connectivity index (χ0n) is 10.8. The van der Waals surface area contributed by atoms with Gasteiger partial charge in [0, 0.05) is 16.6 Å². The normalized spacial score (nSPS) is 22.1. The van der Waals surface area contributed by atoms with E-state index in [0.29, 0.717) is 6.04 Å². The molecule has 1 aromatic carbocycles. The molecule has 0 spiro atoms. The minimum atomic E-state index is 0.639. The standard InChI is InChI=1S/C14H22N2S/c1-16-10-3-4-12(9-11-16)15-13-5-7-14(17-2)8-6-13/h5-8,12,15H,3-4,9-11H2,1-2H3. The first-order valence-corrected chi connectivity index (χ1v) is 7.59. The molecule has 0 bridgehead atoms. The maximum absolute atomic E-state index is 3.66. The summed E-state index contributed by atoms with van der Waals surface area (Å²) >= 11 is 1.79. The molecule has 3 heteroatoms. The van der Waals surface area contributed by atoms with Gasteiger partial charge >= 0.3 is 0 Å². The van der Waals surface area contributed by atoms with Crippen molar-refractivity contribution >= 4 is 17.4 Å². The Balaban J connectivity index is 1.90. The summed E-state index contributed by atoms with van der Waals surface area (Å²) in [5.41, 5.74) is 1.26. The number of anilines is 1. The molecule has 17 heavy (non-hydrogen) atoms. The van der Waals surface area contributed by atoms with E-state index in [4.69, 9.17) is 0 Å². The molecular formula is C14H22N2S. The summed E-state index contributed by atoms with van der Waals surface area (Å²) in [6.45, 7) is 2.45. The second kappa shape index (κ2) is 6.31. The molecule has 1 aromatic rings. The molecule has 94 valence electrons. The van der Waals surface area contributed by atoms with Crippen LogP contribution in [0.3, 0.4) is 0 Å². The van der Waals surface area contributed by atoms with Crippen molar-refractivity contribution in [1.29, 1.82) is 0 Å². The molecule has 1 atom stereocenters. The van der Waals surface area contributed by atoms with Gasteiger partial charge in [-0.3, -0.25) is 0 Å². The Bertz CT molecular complexity index is 337. The number of nitrogens with one attached hydrogen (secondary N) is 1. The minimum Gasteiger partial charge on any atom is -0.382 e. The van der Waals surface area contributed by atoms with Crippen LogP contribution in [-0.2, 0) is 0 Å². The number of likely N-dealkylation sites (tertiary alicyclic amines) is 1. The Labute approximate surface area is 109 Å². The van der Waals surface area contributed by atoms with Crippen molar-refractivity contribution in [3.05, 3.63) is 24.3 Å². The Hall–Kier alpha value is -0.670. The highest BCUT2D eigenvalue weighted by atomic mass is 32.2. The number of thioether (sulfide) groups is 1. The van der Waals surface area contributed by atoms with Crippen molar-refractivity contribution < 1.29 is 0 Å². The van der Waals surface area contributed by atoms with Crippen LogP contribution in [0.25, 0.3) is 0 Å². The third kappa shape index (κ3) is 3.93. The van der Waals surface area contributed by atoms with E-state index in [0.717, 1.165) is 0 Å². The molecule has 1 aliphatic rings. The number of nitrogens with zero attached hydrogens (tertiary/aromatic N) is 1. The van der Waals surface area contributed by atoms with E-state index in [1.807, 2.05) is 0 Å². The van der Waals surface area contributed by atoms with Crippen molar-refractivity contribution in [1.82, 2.24) is 4.90 Å². The van der Waals surface area contributed by atoms with E-state index in [-0.39, 0.29) is 0 Å². The number of benzene rings is 1. The molecule has 2 rings (SSSR count). The summed E-state index contributed by atoms with van der Waals surface area (Å²) in [5, 5.41) is 3.66. The third-order valence-electron chi connectivity index (χ3n) is 3.41. The summed E-state index contributed by atoms with van der Waals surface area (Å²) in [6, 6.07) is 9.41. The lowest BCUT2D eigenvalue weighted by Crippen LogP contribution is -2.22. The van der Waals surface area contributed by atoms with Crippen LogP contribution in [0.15, 0.2) is 29.2 Å². The highest BCUT2D eigenvalue weighted by Crippen LogP contribution is 2.20. The summed E-state index contributed by atoms with van der Waals surface area (Å²) < 4.78 is 0. The van der Waals surface area contributed by atoms with Crippen LogP contribution in [0.2, 0.25) is 0 Å². The molecule has 1 fully saturated rings. The molecule has 0 radical (unpaired) electrons. The van der Waals surface area contributed by atoms with Gasteiger partial charge in [-0.05, 0) is 69.9 Å². The van der Waals surface area contributed by atoms with Crippen LogP contribution in [0, 0.1) is 0 Å². The first-order chi connectivity index (χ1) is 8.28. The topological polar surface area (TPSA) is 15.3 Å². The lowest BCUT2D eigenvalue weighted by molar-refractivity contribution is 0.348. The summed E-state index contributed by atoms with van der Waals surface area (Å²) in [6.07, 6.45) is 5.95. The molecular weight excluding hydrogens is 228 g/mol. The predicted molar refractivity (Wildman–Crippen MR) is 77.0 cm³/mol. The molecule has 2 nitrogen and oxygen atoms in total. The van der Waals surface area contributed by atoms with Gasteiger partial charge in [-0.2, -0.15) is 0 Å². The zero-order chi connectivity index (χ0) is 12.1. The lowest BCUT2D eigenvalue weighted by Gasteiger charge is -2.18. The molecule has 1 heterocycles. The van der Waals surface area contributed by atoms with Gasteiger partial charge in [0.05, 0.1) is 0 Å². The second-order valence-corrected chi connectivity index (χ2v) is 5.68. The van der Waals surface area contributed by atoms with Crippen molar-refractivity contribution in [2.45, 2.75) is 30.2 Å². The number of hydrogen-bond donors (Lipinski definition) is 1. The van der Waals surface area contributed by atoms with E-state index in [9.17, 15) is 0 Å². The van der Waals surface area contributed by atoms with E-state index in [1.165, 1.54) is 42.9 Å². The van der Waals surface area contributed by atoms with Gasteiger partial charge in [-0.15, -0.1) is 11.8 Å². The molecule has 0 saturated carbocycles. The van der Waals surface area contributed by atoms with Crippen molar-refractivity contribution in [2.24, 2.45) is 0 Å². The highest BCUT2D eigenvalue weighted by molar-refractivity contribution is 7.98. The average Bonchev–Trinajstić information content (AvgIpc) is 2.56. The van der Waals surface area contributed by atoms with E-state index >= 15 is 0 Å². The van der Waals surface area contributed by atoms with Crippen LogP contribution >= 0.6 is 11.8 Å². The van der Waals surface area contributed by atoms with Gasteiger partial charge in [0.15, 0.2) is 0 Å². The first kappa shape index (κ1) is 12.8. The van der Waals surface area contributed by atoms with Crippen molar-refractivity contribution in [3.63, 3.8) is 0 Å². The molecule has 0 aliphatic carbocycles. The first-order valence-electron chi connectivity index (χ1n) is 6.37. The van der Waals surface area contributed by atoms with Gasteiger partial charge < -0.3 is 10.2 Å². The van der Waals surface area contributed by atoms with Crippen LogP contribution < -0.4 is 5.32 Å². The number of rotatable bonds is 3. The van der Waals surface area contributed by atoms with Gasteiger partial charge in [-0.25, -0.2) is 0 Å². The maximum Gasteiger partial charge on any atom is 0.0343 e. The Morgan fingerprint density at radius 1 is 1.18 bits per heavy atom. The predicted octanol–water partition coefficient (Wildman–Crippen LogP) is 3.30. The molecule has 1 N–H and O–H groups in total. The van der Waals surface area contributed by atoms with Gasteiger partial charge in [0.25, 0.3) is 0 Å². The van der Waals surface area contributed by atoms with Crippen LogP contribution in [0.5, 0.6) is 0 Å². The fraction of sp³-hybridized carbons (Fsp3) is 0.571. The molecule has 0 amide bonds. The molecule has 1 saturated heterocycles. The zero-order valence-corrected chi connectivity index (χ0v) is 11.6. The number of hydrogen-bond acceptors (Lipinski definition) is 3. The minimum absolute atomic E-state index is 0.639. The molecule has 0 aromatic heterocycles. The van der Waals surface area contributed by atoms with Gasteiger partial charge in [0.1, 0.15) is 0 Å². The summed E-state index contributed by atoms with van der Waals surface area (Å²) in [4.78, 5) is 3.76. The lowest BCUT2D eigenvalue weighted by atomic mass is 10.1. The Morgan fingerprint density at radius 2 is 1.94 bits per heavy atom. The monoisotopic (exact) mass is 250 g/mol. The smallest absolute Gasteiger partial charge is 0.0343 e. The second-order valence-electron chi connectivity index (χ2n) is 4.80. The van der Waals surface area contributed by atoms with Crippen molar-refractivity contribution in [3.8, 4) is 0 Å². The molecule has 1 aliphatic heterocycles. The summed E-state index contributed by atoms with van der Waals surface area (Å²) in [7, 11) is 2.22. The Morgan fingerprint density at radius 3 is 2.65 bits per heavy atom. The van der Waals surface area contributed by atoms with Gasteiger partial charge in [-0.1, -0.05) is 0 Å². The average molecular weight is 250 g/mol.